The number of aromatic nitrogens is 1. The second kappa shape index (κ2) is 8.22. The molecule has 1 aliphatic rings. The second-order valence-corrected chi connectivity index (χ2v) is 6.64. The van der Waals surface area contributed by atoms with E-state index in [2.05, 4.69) is 4.98 Å². The van der Waals surface area contributed by atoms with Gasteiger partial charge in [-0.15, -0.1) is 0 Å². The molecule has 1 amide bonds. The van der Waals surface area contributed by atoms with Gasteiger partial charge >= 0.3 is 0 Å². The first-order valence-corrected chi connectivity index (χ1v) is 8.84. The van der Waals surface area contributed by atoms with Crippen molar-refractivity contribution in [2.75, 3.05) is 37.7 Å². The lowest BCUT2D eigenvalue weighted by molar-refractivity contribution is -0.385. The fourth-order valence-electron chi connectivity index (χ4n) is 2.92. The summed E-state index contributed by atoms with van der Waals surface area (Å²) in [4.78, 5) is 30.7. The number of hydrogen-bond acceptors (Lipinski definition) is 6. The molecule has 0 atom stereocenters. The Morgan fingerprint density at radius 3 is 2.52 bits per heavy atom. The lowest BCUT2D eigenvalue weighted by Crippen LogP contribution is -2.50. The van der Waals surface area contributed by atoms with Gasteiger partial charge in [-0.05, 0) is 36.8 Å². The van der Waals surface area contributed by atoms with Crippen LogP contribution in [0.1, 0.15) is 5.56 Å². The monoisotopic (exact) mass is 390 g/mol. The van der Waals surface area contributed by atoms with Crippen molar-refractivity contribution in [3.63, 3.8) is 0 Å². The molecule has 1 aliphatic heterocycles. The maximum Gasteiger partial charge on any atom is 0.287 e. The standard InChI is InChI=1S/C18H19ClN4O4/c1-13-10-15(23(25)26)11-20-18(13)22-8-6-21(7-9-22)17(24)12-27-16-4-2-14(19)3-5-16/h2-5,10-11H,6-9,12H2,1H3. The average Bonchev–Trinajstić information content (AvgIpc) is 2.67. The van der Waals surface area contributed by atoms with Crippen LogP contribution in [0.15, 0.2) is 36.5 Å². The van der Waals surface area contributed by atoms with Crippen LogP contribution in [0.3, 0.4) is 0 Å². The van der Waals surface area contributed by atoms with Gasteiger partial charge in [0.1, 0.15) is 17.8 Å². The number of anilines is 1. The van der Waals surface area contributed by atoms with E-state index in [-0.39, 0.29) is 18.2 Å². The largest absolute Gasteiger partial charge is 0.484 e. The normalized spacial score (nSPS) is 14.1. The fourth-order valence-corrected chi connectivity index (χ4v) is 3.04. The smallest absolute Gasteiger partial charge is 0.287 e. The molecule has 27 heavy (non-hydrogen) atoms. The van der Waals surface area contributed by atoms with E-state index in [1.807, 2.05) is 4.90 Å². The van der Waals surface area contributed by atoms with Gasteiger partial charge in [0.15, 0.2) is 6.61 Å². The van der Waals surface area contributed by atoms with Gasteiger partial charge in [-0.25, -0.2) is 4.98 Å². The van der Waals surface area contributed by atoms with Crippen LogP contribution >= 0.6 is 11.6 Å². The van der Waals surface area contributed by atoms with E-state index >= 15 is 0 Å². The summed E-state index contributed by atoms with van der Waals surface area (Å²) in [6, 6.07) is 8.37. The van der Waals surface area contributed by atoms with Crippen molar-refractivity contribution < 1.29 is 14.5 Å². The quantitative estimate of drug-likeness (QED) is 0.576. The number of halogens is 1. The van der Waals surface area contributed by atoms with E-state index in [0.29, 0.717) is 42.8 Å². The number of nitrogens with zero attached hydrogens (tertiary/aromatic N) is 4. The van der Waals surface area contributed by atoms with Crippen LogP contribution in [0.5, 0.6) is 5.75 Å². The Balaban J connectivity index is 1.53. The third kappa shape index (κ3) is 4.65. The Bertz CT molecular complexity index is 836. The Morgan fingerprint density at radius 2 is 1.93 bits per heavy atom. The maximum atomic E-state index is 12.3. The van der Waals surface area contributed by atoms with Crippen LogP contribution < -0.4 is 9.64 Å². The number of pyridine rings is 1. The van der Waals surface area contributed by atoms with Crippen LogP contribution in [0, 0.1) is 17.0 Å². The lowest BCUT2D eigenvalue weighted by atomic mass is 10.2. The molecule has 9 heteroatoms. The van der Waals surface area contributed by atoms with Gasteiger partial charge in [0.25, 0.3) is 11.6 Å². The first-order chi connectivity index (χ1) is 12.9. The summed E-state index contributed by atoms with van der Waals surface area (Å²) in [5, 5.41) is 11.4. The van der Waals surface area contributed by atoms with Crippen molar-refractivity contribution >= 4 is 29.0 Å². The number of rotatable bonds is 5. The molecule has 142 valence electrons. The number of carbonyl (C=O) groups is 1. The SMILES string of the molecule is Cc1cc([N+](=O)[O-])cnc1N1CCN(C(=O)COc2ccc(Cl)cc2)CC1. The number of piperazine rings is 1. The van der Waals surface area contributed by atoms with Gasteiger partial charge in [0, 0.05) is 37.3 Å². The number of carbonyl (C=O) groups excluding carboxylic acids is 1. The van der Waals surface area contributed by atoms with Gasteiger partial charge < -0.3 is 14.5 Å². The van der Waals surface area contributed by atoms with Crippen LogP contribution in [0.4, 0.5) is 11.5 Å². The number of aryl methyl sites for hydroxylation is 1. The zero-order chi connectivity index (χ0) is 19.4. The van der Waals surface area contributed by atoms with E-state index in [0.717, 1.165) is 5.56 Å². The highest BCUT2D eigenvalue weighted by Crippen LogP contribution is 2.23. The second-order valence-electron chi connectivity index (χ2n) is 6.20. The molecule has 0 unspecified atom stereocenters. The van der Waals surface area contributed by atoms with Gasteiger partial charge in [-0.2, -0.15) is 0 Å². The van der Waals surface area contributed by atoms with Gasteiger partial charge in [-0.1, -0.05) is 11.6 Å². The molecule has 2 heterocycles. The number of benzene rings is 1. The lowest BCUT2D eigenvalue weighted by Gasteiger charge is -2.35. The molecule has 1 aromatic heterocycles. The molecule has 1 fully saturated rings. The third-order valence-electron chi connectivity index (χ3n) is 4.35. The first-order valence-electron chi connectivity index (χ1n) is 8.46. The molecule has 1 aromatic carbocycles. The highest BCUT2D eigenvalue weighted by molar-refractivity contribution is 6.30. The molecule has 8 nitrogen and oxygen atoms in total. The fraction of sp³-hybridized carbons (Fsp3) is 0.333. The third-order valence-corrected chi connectivity index (χ3v) is 4.61. The van der Waals surface area contributed by atoms with Crippen molar-refractivity contribution in [1.29, 1.82) is 0 Å². The van der Waals surface area contributed by atoms with Crippen LogP contribution in [0.25, 0.3) is 0 Å². The summed E-state index contributed by atoms with van der Waals surface area (Å²) in [5.41, 5.74) is 0.722. The molecule has 0 radical (unpaired) electrons. The molecule has 0 N–H and O–H groups in total. The van der Waals surface area contributed by atoms with E-state index in [9.17, 15) is 14.9 Å². The summed E-state index contributed by atoms with van der Waals surface area (Å²) in [6.07, 6.45) is 1.26. The first kappa shape index (κ1) is 18.9. The highest BCUT2D eigenvalue weighted by atomic mass is 35.5. The van der Waals surface area contributed by atoms with Crippen LogP contribution in [0.2, 0.25) is 5.02 Å². The van der Waals surface area contributed by atoms with Gasteiger partial charge in [0.05, 0.1) is 4.92 Å². The highest BCUT2D eigenvalue weighted by Gasteiger charge is 2.23. The van der Waals surface area contributed by atoms with Crippen molar-refractivity contribution in [1.82, 2.24) is 9.88 Å². The molecule has 0 aliphatic carbocycles. The summed E-state index contributed by atoms with van der Waals surface area (Å²) < 4.78 is 5.50. The zero-order valence-corrected chi connectivity index (χ0v) is 15.6. The summed E-state index contributed by atoms with van der Waals surface area (Å²) >= 11 is 5.82. The van der Waals surface area contributed by atoms with E-state index in [1.54, 1.807) is 36.1 Å². The van der Waals surface area contributed by atoms with Gasteiger partial charge in [0.2, 0.25) is 0 Å². The number of ether oxygens (including phenoxy) is 1. The molecule has 0 spiro atoms. The topological polar surface area (TPSA) is 88.8 Å². The van der Waals surface area contributed by atoms with Crippen molar-refractivity contribution in [2.45, 2.75) is 6.92 Å². The van der Waals surface area contributed by atoms with E-state index < -0.39 is 4.92 Å². The number of hydrogen-bond donors (Lipinski definition) is 0. The van der Waals surface area contributed by atoms with Crippen LogP contribution in [-0.4, -0.2) is 53.5 Å². The summed E-state index contributed by atoms with van der Waals surface area (Å²) in [6.45, 7) is 4.07. The van der Waals surface area contributed by atoms with E-state index in [1.165, 1.54) is 12.3 Å². The maximum absolute atomic E-state index is 12.3. The Hall–Kier alpha value is -2.87. The molecular formula is C18H19ClN4O4. The minimum absolute atomic E-state index is 0.0237. The van der Waals surface area contributed by atoms with Crippen LogP contribution in [-0.2, 0) is 4.79 Å². The average molecular weight is 391 g/mol. The molecular weight excluding hydrogens is 372 g/mol. The molecule has 1 saturated heterocycles. The van der Waals surface area contributed by atoms with Gasteiger partial charge in [-0.3, -0.25) is 14.9 Å². The number of amides is 1. The Kier molecular flexibility index (Phi) is 5.75. The molecule has 0 saturated carbocycles. The van der Waals surface area contributed by atoms with Crippen molar-refractivity contribution in [3.05, 3.63) is 57.2 Å². The molecule has 0 bridgehead atoms. The summed E-state index contributed by atoms with van der Waals surface area (Å²) in [5.74, 6) is 1.22. The Labute approximate surface area is 161 Å². The predicted molar refractivity (Wildman–Crippen MR) is 101 cm³/mol. The minimum atomic E-state index is -0.457. The minimum Gasteiger partial charge on any atom is -0.484 e. The van der Waals surface area contributed by atoms with Crippen molar-refractivity contribution in [2.24, 2.45) is 0 Å². The predicted octanol–water partition coefficient (Wildman–Crippen LogP) is 2.68. The van der Waals surface area contributed by atoms with E-state index in [4.69, 9.17) is 16.3 Å². The molecule has 3 rings (SSSR count). The van der Waals surface area contributed by atoms with Crippen molar-refractivity contribution in [3.8, 4) is 5.75 Å². The molecule has 2 aromatic rings. The Morgan fingerprint density at radius 1 is 1.26 bits per heavy atom. The number of nitro groups is 1. The summed E-state index contributed by atoms with van der Waals surface area (Å²) in [7, 11) is 0. The zero-order valence-electron chi connectivity index (χ0n) is 14.8.